The minimum Gasteiger partial charge on any atom is -0.321 e. The summed E-state index contributed by atoms with van der Waals surface area (Å²) in [6, 6.07) is 9.72. The van der Waals surface area contributed by atoms with Crippen LogP contribution in [0.4, 0.5) is 5.69 Å². The Morgan fingerprint density at radius 2 is 1.71 bits per heavy atom. The molecular weight excluding hydrogens is 282 g/mol. The Kier molecular flexibility index (Phi) is 3.34. The minimum atomic E-state index is -0.0772. The van der Waals surface area contributed by atoms with E-state index < -0.39 is 0 Å². The SMILES string of the molecule is Cc1cc(C)c(/C=C2/C(=O)Nc3ccc(Cl)cc32)c(C)c1. The van der Waals surface area contributed by atoms with E-state index in [9.17, 15) is 4.79 Å². The van der Waals surface area contributed by atoms with E-state index >= 15 is 0 Å². The van der Waals surface area contributed by atoms with Crippen LogP contribution in [0, 0.1) is 20.8 Å². The van der Waals surface area contributed by atoms with E-state index in [0.717, 1.165) is 16.8 Å². The van der Waals surface area contributed by atoms with Crippen molar-refractivity contribution in [1.29, 1.82) is 0 Å². The first kappa shape index (κ1) is 13.9. The molecule has 0 radical (unpaired) electrons. The van der Waals surface area contributed by atoms with Crippen molar-refractivity contribution in [2.24, 2.45) is 0 Å². The predicted molar refractivity (Wildman–Crippen MR) is 88.6 cm³/mol. The van der Waals surface area contributed by atoms with Crippen molar-refractivity contribution in [3.63, 3.8) is 0 Å². The van der Waals surface area contributed by atoms with E-state index in [1.807, 2.05) is 18.2 Å². The van der Waals surface area contributed by atoms with Gasteiger partial charge in [-0.3, -0.25) is 4.79 Å². The van der Waals surface area contributed by atoms with Crippen LogP contribution in [0.15, 0.2) is 30.3 Å². The number of halogens is 1. The summed E-state index contributed by atoms with van der Waals surface area (Å²) in [4.78, 5) is 12.2. The highest BCUT2D eigenvalue weighted by Crippen LogP contribution is 2.35. The van der Waals surface area contributed by atoms with Gasteiger partial charge in [-0.1, -0.05) is 29.3 Å². The highest BCUT2D eigenvalue weighted by molar-refractivity contribution is 6.36. The van der Waals surface area contributed by atoms with E-state index in [2.05, 4.69) is 38.2 Å². The highest BCUT2D eigenvalue weighted by Gasteiger charge is 2.24. The van der Waals surface area contributed by atoms with Gasteiger partial charge in [0.2, 0.25) is 0 Å². The van der Waals surface area contributed by atoms with Crippen LogP contribution in [-0.4, -0.2) is 5.91 Å². The fraction of sp³-hybridized carbons (Fsp3) is 0.167. The van der Waals surface area contributed by atoms with Crippen LogP contribution in [0.1, 0.15) is 27.8 Å². The molecule has 1 aliphatic rings. The second-order valence-electron chi connectivity index (χ2n) is 5.51. The van der Waals surface area contributed by atoms with E-state index in [4.69, 9.17) is 11.6 Å². The summed E-state index contributed by atoms with van der Waals surface area (Å²) < 4.78 is 0. The third-order valence-corrected chi connectivity index (χ3v) is 4.03. The maximum Gasteiger partial charge on any atom is 0.256 e. The van der Waals surface area contributed by atoms with Gasteiger partial charge in [0, 0.05) is 21.8 Å². The molecule has 0 saturated carbocycles. The van der Waals surface area contributed by atoms with Gasteiger partial charge in [-0.2, -0.15) is 0 Å². The first-order valence-electron chi connectivity index (χ1n) is 6.86. The second kappa shape index (κ2) is 5.05. The molecule has 3 rings (SSSR count). The van der Waals surface area contributed by atoms with Crippen molar-refractivity contribution in [3.05, 3.63) is 63.2 Å². The number of nitrogens with one attached hydrogen (secondary N) is 1. The number of benzene rings is 2. The average molecular weight is 298 g/mol. The molecule has 0 bridgehead atoms. The fourth-order valence-electron chi connectivity index (χ4n) is 2.87. The van der Waals surface area contributed by atoms with Crippen LogP contribution in [0.5, 0.6) is 0 Å². The van der Waals surface area contributed by atoms with E-state index in [0.29, 0.717) is 10.6 Å². The number of amides is 1. The highest BCUT2D eigenvalue weighted by atomic mass is 35.5. The zero-order valence-electron chi connectivity index (χ0n) is 12.3. The summed E-state index contributed by atoms with van der Waals surface area (Å²) in [5, 5.41) is 3.51. The number of hydrogen-bond donors (Lipinski definition) is 1. The van der Waals surface area contributed by atoms with Crippen molar-refractivity contribution in [1.82, 2.24) is 0 Å². The van der Waals surface area contributed by atoms with Gasteiger partial charge < -0.3 is 5.32 Å². The third kappa shape index (κ3) is 2.47. The molecule has 3 heteroatoms. The number of fused-ring (bicyclic) bond motifs is 1. The Morgan fingerprint density at radius 3 is 2.38 bits per heavy atom. The number of aryl methyl sites for hydroxylation is 3. The molecule has 0 saturated heterocycles. The zero-order chi connectivity index (χ0) is 15.1. The quantitative estimate of drug-likeness (QED) is 0.756. The molecule has 21 heavy (non-hydrogen) atoms. The molecule has 2 nitrogen and oxygen atoms in total. The van der Waals surface area contributed by atoms with Crippen LogP contribution in [0.25, 0.3) is 11.6 Å². The van der Waals surface area contributed by atoms with Crippen molar-refractivity contribution in [2.75, 3.05) is 5.32 Å². The van der Waals surface area contributed by atoms with Gasteiger partial charge in [0.25, 0.3) is 5.91 Å². The lowest BCUT2D eigenvalue weighted by atomic mass is 9.96. The Morgan fingerprint density at radius 1 is 1.05 bits per heavy atom. The Labute approximate surface area is 129 Å². The van der Waals surface area contributed by atoms with Crippen LogP contribution in [0.2, 0.25) is 5.02 Å². The van der Waals surface area contributed by atoms with Gasteiger partial charge >= 0.3 is 0 Å². The molecule has 2 aromatic carbocycles. The fourth-order valence-corrected chi connectivity index (χ4v) is 3.04. The summed E-state index contributed by atoms with van der Waals surface area (Å²) in [5.74, 6) is -0.0772. The van der Waals surface area contributed by atoms with Gasteiger partial charge in [-0.05, 0) is 61.7 Å². The molecule has 1 heterocycles. The molecule has 0 atom stereocenters. The zero-order valence-corrected chi connectivity index (χ0v) is 13.0. The van der Waals surface area contributed by atoms with Gasteiger partial charge in [-0.15, -0.1) is 0 Å². The molecule has 2 aromatic rings. The molecule has 0 unspecified atom stereocenters. The van der Waals surface area contributed by atoms with Gasteiger partial charge in [-0.25, -0.2) is 0 Å². The first-order chi connectivity index (χ1) is 9.95. The van der Waals surface area contributed by atoms with Crippen molar-refractivity contribution >= 4 is 34.8 Å². The molecule has 0 aromatic heterocycles. The molecule has 1 amide bonds. The molecule has 0 spiro atoms. The molecular formula is C18H16ClNO. The van der Waals surface area contributed by atoms with Crippen LogP contribution >= 0.6 is 11.6 Å². The number of hydrogen-bond acceptors (Lipinski definition) is 1. The smallest absolute Gasteiger partial charge is 0.256 e. The summed E-state index contributed by atoms with van der Waals surface area (Å²) in [7, 11) is 0. The van der Waals surface area contributed by atoms with Crippen molar-refractivity contribution in [2.45, 2.75) is 20.8 Å². The van der Waals surface area contributed by atoms with Crippen LogP contribution in [-0.2, 0) is 4.79 Å². The minimum absolute atomic E-state index is 0.0772. The molecule has 1 N–H and O–H groups in total. The Bertz CT molecular complexity index is 767. The maximum atomic E-state index is 12.2. The maximum absolute atomic E-state index is 12.2. The molecule has 0 aliphatic carbocycles. The lowest BCUT2D eigenvalue weighted by Gasteiger charge is -2.08. The number of carbonyl (C=O) groups is 1. The van der Waals surface area contributed by atoms with Crippen LogP contribution in [0.3, 0.4) is 0 Å². The third-order valence-electron chi connectivity index (χ3n) is 3.79. The second-order valence-corrected chi connectivity index (χ2v) is 5.95. The number of anilines is 1. The molecule has 1 aliphatic heterocycles. The standard InChI is InChI=1S/C18H16ClNO/c1-10-6-11(2)14(12(3)7-10)9-16-15-8-13(19)4-5-17(15)20-18(16)21/h4-9H,1-3H3,(H,20,21)/b16-9+. The summed E-state index contributed by atoms with van der Waals surface area (Å²) >= 11 is 6.06. The molecule has 106 valence electrons. The number of carbonyl (C=O) groups excluding carboxylic acids is 1. The lowest BCUT2D eigenvalue weighted by Crippen LogP contribution is -2.04. The Hall–Kier alpha value is -2.06. The molecule has 0 fully saturated rings. The van der Waals surface area contributed by atoms with Crippen molar-refractivity contribution < 1.29 is 4.79 Å². The summed E-state index contributed by atoms with van der Waals surface area (Å²) in [6.45, 7) is 6.21. The normalized spacial score (nSPS) is 15.2. The van der Waals surface area contributed by atoms with Gasteiger partial charge in [0.1, 0.15) is 0 Å². The average Bonchev–Trinajstić information content (AvgIpc) is 2.69. The summed E-state index contributed by atoms with van der Waals surface area (Å²) in [5.41, 5.74) is 7.02. The van der Waals surface area contributed by atoms with E-state index in [1.54, 1.807) is 6.07 Å². The monoisotopic (exact) mass is 297 g/mol. The number of rotatable bonds is 1. The van der Waals surface area contributed by atoms with E-state index in [1.165, 1.54) is 16.7 Å². The van der Waals surface area contributed by atoms with Crippen LogP contribution < -0.4 is 5.32 Å². The van der Waals surface area contributed by atoms with Gasteiger partial charge in [0.05, 0.1) is 0 Å². The lowest BCUT2D eigenvalue weighted by molar-refractivity contribution is -0.110. The van der Waals surface area contributed by atoms with Gasteiger partial charge in [0.15, 0.2) is 0 Å². The Balaban J connectivity index is 2.18. The topological polar surface area (TPSA) is 29.1 Å². The predicted octanol–water partition coefficient (Wildman–Crippen LogP) is 4.76. The largest absolute Gasteiger partial charge is 0.321 e. The van der Waals surface area contributed by atoms with E-state index in [-0.39, 0.29) is 5.91 Å². The first-order valence-corrected chi connectivity index (χ1v) is 7.24. The summed E-state index contributed by atoms with van der Waals surface area (Å²) in [6.07, 6.45) is 1.96. The van der Waals surface area contributed by atoms with Crippen molar-refractivity contribution in [3.8, 4) is 0 Å².